The average molecular weight is 402 g/mol. The molecular formula is C8H12N4Na2O8S2. The van der Waals surface area contributed by atoms with Crippen molar-refractivity contribution in [1.82, 2.24) is 0 Å². The van der Waals surface area contributed by atoms with Crippen LogP contribution in [-0.2, 0) is 29.5 Å². The summed E-state index contributed by atoms with van der Waals surface area (Å²) in [4.78, 5) is 0. The molecule has 12 nitrogen and oxygen atoms in total. The summed E-state index contributed by atoms with van der Waals surface area (Å²) in [5.74, 6) is -0.183. The van der Waals surface area contributed by atoms with E-state index in [2.05, 4.69) is 18.9 Å². The first-order chi connectivity index (χ1) is 9.91. The average Bonchev–Trinajstić information content (AvgIpc) is 2.40. The Bertz CT molecular complexity index is 584. The Hall–Kier alpha value is 0.320. The van der Waals surface area contributed by atoms with E-state index in [1.165, 1.54) is 0 Å². The van der Waals surface area contributed by atoms with Gasteiger partial charge in [-0.1, -0.05) is 0 Å². The van der Waals surface area contributed by atoms with Crippen LogP contribution >= 0.6 is 0 Å². The van der Waals surface area contributed by atoms with Gasteiger partial charge in [0.2, 0.25) is 20.8 Å². The van der Waals surface area contributed by atoms with Gasteiger partial charge >= 0.3 is 59.1 Å². The normalized spacial score (nSPS) is 13.1. The Morgan fingerprint density at radius 1 is 0.875 bits per heavy atom. The van der Waals surface area contributed by atoms with Crippen molar-refractivity contribution in [2.75, 3.05) is 13.1 Å². The van der Waals surface area contributed by atoms with Gasteiger partial charge in [-0.3, -0.25) is 0 Å². The number of azo groups is 1. The molecule has 24 heavy (non-hydrogen) atoms. The molecule has 0 fully saturated rings. The molecule has 2 atom stereocenters. The van der Waals surface area contributed by atoms with E-state index in [0.29, 0.717) is 13.1 Å². The molecule has 0 heterocycles. The Morgan fingerprint density at radius 3 is 1.29 bits per heavy atom. The summed E-state index contributed by atoms with van der Waals surface area (Å²) in [7, 11) is -10.6. The van der Waals surface area contributed by atoms with Crippen molar-refractivity contribution in [3.63, 3.8) is 0 Å². The number of rotatable bonds is 7. The van der Waals surface area contributed by atoms with Gasteiger partial charge in [-0.15, -0.1) is 8.67 Å². The zero-order chi connectivity index (χ0) is 17.8. The molecule has 2 unspecified atom stereocenters. The standard InChI is InChI=1S/C8H12N4.2Na.H2O8S2/c1-7(3-9)5-11-12-6-8(2)4-10;;;1-9(2,3)7-8-10(4,5)6/h7-8H,5-6H2,1-2H3;;;(H,1,2,3)(H,4,5,6)/q;2*+1;/p-2. The molecule has 0 bridgehead atoms. The van der Waals surface area contributed by atoms with Crippen LogP contribution in [0, 0.1) is 34.5 Å². The van der Waals surface area contributed by atoms with Crippen molar-refractivity contribution < 1.29 is 93.7 Å². The van der Waals surface area contributed by atoms with E-state index in [4.69, 9.17) is 10.5 Å². The van der Waals surface area contributed by atoms with E-state index in [0.717, 1.165) is 0 Å². The third-order valence-electron chi connectivity index (χ3n) is 1.45. The Balaban J connectivity index is -0.000000156. The molecule has 0 aliphatic rings. The van der Waals surface area contributed by atoms with Crippen LogP contribution < -0.4 is 59.1 Å². The van der Waals surface area contributed by atoms with Crippen molar-refractivity contribution in [2.45, 2.75) is 13.8 Å². The van der Waals surface area contributed by atoms with Crippen molar-refractivity contribution >= 4 is 20.8 Å². The van der Waals surface area contributed by atoms with E-state index in [1.54, 1.807) is 13.8 Å². The Labute approximate surface area is 184 Å². The first-order valence-electron chi connectivity index (χ1n) is 5.33. The quantitative estimate of drug-likeness (QED) is 0.0982. The largest absolute Gasteiger partial charge is 1.00 e. The Kier molecular flexibility index (Phi) is 22.4. The van der Waals surface area contributed by atoms with Gasteiger partial charge in [0, 0.05) is 0 Å². The molecule has 0 aliphatic heterocycles. The second kappa shape index (κ2) is 16.8. The van der Waals surface area contributed by atoms with Gasteiger partial charge in [-0.05, 0) is 13.8 Å². The summed E-state index contributed by atoms with van der Waals surface area (Å²) in [5, 5.41) is 24.3. The van der Waals surface area contributed by atoms with Gasteiger partial charge in [0.1, 0.15) is 0 Å². The molecule has 0 aromatic heterocycles. The molecule has 0 radical (unpaired) electrons. The minimum absolute atomic E-state index is 0. The molecule has 0 amide bonds. The van der Waals surface area contributed by atoms with Gasteiger partial charge in [0.15, 0.2) is 0 Å². The van der Waals surface area contributed by atoms with Crippen molar-refractivity contribution in [1.29, 1.82) is 10.5 Å². The van der Waals surface area contributed by atoms with Crippen LogP contribution in [0.4, 0.5) is 0 Å². The van der Waals surface area contributed by atoms with Gasteiger partial charge in [0.05, 0.1) is 37.1 Å². The minimum Gasteiger partial charge on any atom is -0.724 e. The summed E-state index contributed by atoms with van der Waals surface area (Å²) >= 11 is 0. The molecule has 0 aromatic carbocycles. The molecule has 0 saturated heterocycles. The zero-order valence-corrected chi connectivity index (χ0v) is 19.1. The number of nitriles is 2. The zero-order valence-electron chi connectivity index (χ0n) is 13.4. The molecular weight excluding hydrogens is 390 g/mol. The van der Waals surface area contributed by atoms with E-state index >= 15 is 0 Å². The second-order valence-electron chi connectivity index (χ2n) is 3.66. The fraction of sp³-hybridized carbons (Fsp3) is 0.750. The summed E-state index contributed by atoms with van der Waals surface area (Å²) in [6, 6.07) is 4.10. The fourth-order valence-corrected chi connectivity index (χ4v) is 1.05. The van der Waals surface area contributed by atoms with Crippen LogP contribution in [0.1, 0.15) is 13.8 Å². The number of nitrogens with zero attached hydrogens (tertiary/aromatic N) is 4. The van der Waals surface area contributed by atoms with Crippen LogP contribution in [0.25, 0.3) is 0 Å². The fourth-order valence-electron chi connectivity index (χ4n) is 0.510. The maximum atomic E-state index is 9.37. The van der Waals surface area contributed by atoms with Crippen LogP contribution in [0.3, 0.4) is 0 Å². The first-order valence-corrected chi connectivity index (χ1v) is 7.99. The molecule has 0 spiro atoms. The number of hydrogen-bond donors (Lipinski definition) is 0. The van der Waals surface area contributed by atoms with E-state index in [9.17, 15) is 25.9 Å². The van der Waals surface area contributed by atoms with Crippen LogP contribution in [-0.4, -0.2) is 39.0 Å². The maximum Gasteiger partial charge on any atom is 1.00 e. The molecule has 126 valence electrons. The molecule has 0 N–H and O–H groups in total. The SMILES string of the molecule is CC(C#N)CN=NCC(C)C#N.O=S(=O)([O-])OOS(=O)(=O)[O-].[Na+].[Na+]. The van der Waals surface area contributed by atoms with E-state index in [1.807, 2.05) is 12.1 Å². The van der Waals surface area contributed by atoms with Gasteiger partial charge < -0.3 is 9.11 Å². The van der Waals surface area contributed by atoms with E-state index < -0.39 is 20.8 Å². The van der Waals surface area contributed by atoms with Crippen molar-refractivity contribution in [3.8, 4) is 12.1 Å². The Morgan fingerprint density at radius 2 is 1.12 bits per heavy atom. The molecule has 0 aliphatic carbocycles. The minimum atomic E-state index is -5.31. The summed E-state index contributed by atoms with van der Waals surface area (Å²) < 4.78 is 61.5. The molecule has 0 aromatic rings. The maximum absolute atomic E-state index is 9.37. The first kappa shape index (κ1) is 32.0. The number of hydrogen-bond acceptors (Lipinski definition) is 12. The molecule has 0 saturated carbocycles. The topological polar surface area (TPSA) is 205 Å². The molecule has 0 rings (SSSR count). The van der Waals surface area contributed by atoms with E-state index in [-0.39, 0.29) is 71.0 Å². The predicted octanol–water partition coefficient (Wildman–Crippen LogP) is -6.38. The third-order valence-corrected chi connectivity index (χ3v) is 2.00. The van der Waals surface area contributed by atoms with Crippen LogP contribution in [0.2, 0.25) is 0 Å². The second-order valence-corrected chi connectivity index (χ2v) is 5.57. The van der Waals surface area contributed by atoms with Crippen LogP contribution in [0.5, 0.6) is 0 Å². The smallest absolute Gasteiger partial charge is 0.724 e. The molecule has 16 heteroatoms. The van der Waals surface area contributed by atoms with Gasteiger partial charge in [0.25, 0.3) is 0 Å². The summed E-state index contributed by atoms with van der Waals surface area (Å²) in [5.41, 5.74) is 0. The third kappa shape index (κ3) is 30.2. The van der Waals surface area contributed by atoms with Crippen LogP contribution in [0.15, 0.2) is 10.2 Å². The van der Waals surface area contributed by atoms with Crippen molar-refractivity contribution in [3.05, 3.63) is 0 Å². The van der Waals surface area contributed by atoms with Gasteiger partial charge in [-0.25, -0.2) is 16.8 Å². The van der Waals surface area contributed by atoms with Crippen molar-refractivity contribution in [2.24, 2.45) is 22.1 Å². The van der Waals surface area contributed by atoms with Gasteiger partial charge in [-0.2, -0.15) is 20.8 Å². The summed E-state index contributed by atoms with van der Waals surface area (Å²) in [6.07, 6.45) is 0. The summed E-state index contributed by atoms with van der Waals surface area (Å²) in [6.45, 7) is 4.42. The predicted molar refractivity (Wildman–Crippen MR) is 65.7 cm³/mol. The monoisotopic (exact) mass is 402 g/mol.